The Balaban J connectivity index is 1.89. The van der Waals surface area contributed by atoms with Crippen molar-refractivity contribution in [3.05, 3.63) is 60.2 Å². The van der Waals surface area contributed by atoms with E-state index in [1.807, 2.05) is 37.4 Å². The first-order chi connectivity index (χ1) is 9.29. The van der Waals surface area contributed by atoms with Gasteiger partial charge in [-0.25, -0.2) is 4.39 Å². The molecule has 100 valence electrons. The number of nitrogens with one attached hydrogen (secondary N) is 1. The Morgan fingerprint density at radius 3 is 2.74 bits per heavy atom. The zero-order valence-corrected chi connectivity index (χ0v) is 10.8. The average molecular weight is 260 g/mol. The first kappa shape index (κ1) is 13.5. The number of rotatable bonds is 6. The maximum Gasteiger partial charge on any atom is 0.141 e. The second kappa shape index (κ2) is 6.85. The molecule has 0 saturated carbocycles. The lowest BCUT2D eigenvalue weighted by atomic mass is 10.1. The van der Waals surface area contributed by atoms with Crippen molar-refractivity contribution in [2.24, 2.45) is 0 Å². The lowest BCUT2D eigenvalue weighted by molar-refractivity contribution is 0.290. The Morgan fingerprint density at radius 1 is 1.26 bits per heavy atom. The highest BCUT2D eigenvalue weighted by molar-refractivity contribution is 5.21. The Bertz CT molecular complexity index is 505. The van der Waals surface area contributed by atoms with Gasteiger partial charge in [0.05, 0.1) is 12.8 Å². The number of hydrogen-bond donors (Lipinski definition) is 1. The standard InChI is InChI=1S/C15H17FN2O/c1-17-15(12-9-13(16)11-18-10-12)7-8-19-14-5-3-2-4-6-14/h2-6,9-11,15,17H,7-8H2,1H3. The summed E-state index contributed by atoms with van der Waals surface area (Å²) < 4.78 is 18.8. The van der Waals surface area contributed by atoms with Crippen LogP contribution in [0.15, 0.2) is 48.8 Å². The van der Waals surface area contributed by atoms with Crippen molar-refractivity contribution in [2.45, 2.75) is 12.5 Å². The molecule has 0 aliphatic rings. The van der Waals surface area contributed by atoms with Gasteiger partial charge in [-0.15, -0.1) is 0 Å². The van der Waals surface area contributed by atoms with E-state index in [-0.39, 0.29) is 11.9 Å². The van der Waals surface area contributed by atoms with Crippen LogP contribution in [0, 0.1) is 5.82 Å². The lowest BCUT2D eigenvalue weighted by Gasteiger charge is -2.16. The molecule has 0 aliphatic carbocycles. The number of para-hydroxylation sites is 1. The van der Waals surface area contributed by atoms with Crippen LogP contribution in [-0.4, -0.2) is 18.6 Å². The van der Waals surface area contributed by atoms with Gasteiger partial charge in [-0.05, 0) is 30.8 Å². The second-order valence-corrected chi connectivity index (χ2v) is 4.23. The van der Waals surface area contributed by atoms with Gasteiger partial charge in [0.2, 0.25) is 0 Å². The Morgan fingerprint density at radius 2 is 2.05 bits per heavy atom. The topological polar surface area (TPSA) is 34.1 Å². The number of nitrogens with zero attached hydrogens (tertiary/aromatic N) is 1. The predicted octanol–water partition coefficient (Wildman–Crippen LogP) is 2.95. The van der Waals surface area contributed by atoms with E-state index >= 15 is 0 Å². The number of pyridine rings is 1. The monoisotopic (exact) mass is 260 g/mol. The Labute approximate surface area is 112 Å². The van der Waals surface area contributed by atoms with Gasteiger partial charge in [0.1, 0.15) is 11.6 Å². The third-order valence-electron chi connectivity index (χ3n) is 2.90. The first-order valence-electron chi connectivity index (χ1n) is 6.25. The van der Waals surface area contributed by atoms with Crippen molar-refractivity contribution in [1.82, 2.24) is 10.3 Å². The number of benzene rings is 1. The Hall–Kier alpha value is -1.94. The van der Waals surface area contributed by atoms with E-state index in [4.69, 9.17) is 4.74 Å². The molecule has 1 aromatic heterocycles. The van der Waals surface area contributed by atoms with Crippen LogP contribution in [0.25, 0.3) is 0 Å². The van der Waals surface area contributed by atoms with Crippen LogP contribution in [0.2, 0.25) is 0 Å². The summed E-state index contributed by atoms with van der Waals surface area (Å²) in [4.78, 5) is 3.86. The minimum atomic E-state index is -0.318. The van der Waals surface area contributed by atoms with Crippen LogP contribution >= 0.6 is 0 Å². The molecule has 0 aliphatic heterocycles. The molecule has 2 aromatic rings. The number of hydrogen-bond acceptors (Lipinski definition) is 3. The maximum absolute atomic E-state index is 13.1. The first-order valence-corrected chi connectivity index (χ1v) is 6.25. The number of aromatic nitrogens is 1. The van der Waals surface area contributed by atoms with Crippen molar-refractivity contribution < 1.29 is 9.13 Å². The lowest BCUT2D eigenvalue weighted by Crippen LogP contribution is -2.19. The van der Waals surface area contributed by atoms with E-state index in [2.05, 4.69) is 10.3 Å². The molecule has 1 aromatic carbocycles. The van der Waals surface area contributed by atoms with E-state index in [0.29, 0.717) is 6.61 Å². The summed E-state index contributed by atoms with van der Waals surface area (Å²) in [6.07, 6.45) is 3.62. The zero-order valence-electron chi connectivity index (χ0n) is 10.8. The molecular formula is C15H17FN2O. The highest BCUT2D eigenvalue weighted by Crippen LogP contribution is 2.17. The van der Waals surface area contributed by atoms with Gasteiger partial charge in [-0.2, -0.15) is 0 Å². The molecule has 1 unspecified atom stereocenters. The van der Waals surface area contributed by atoms with Crippen molar-refractivity contribution in [1.29, 1.82) is 0 Å². The van der Waals surface area contributed by atoms with Crippen LogP contribution in [0.5, 0.6) is 5.75 Å². The van der Waals surface area contributed by atoms with Crippen molar-refractivity contribution in [2.75, 3.05) is 13.7 Å². The van der Waals surface area contributed by atoms with Gasteiger partial charge in [0.25, 0.3) is 0 Å². The minimum Gasteiger partial charge on any atom is -0.494 e. The molecular weight excluding hydrogens is 243 g/mol. The van der Waals surface area contributed by atoms with Gasteiger partial charge in [-0.3, -0.25) is 4.98 Å². The number of halogens is 1. The van der Waals surface area contributed by atoms with Crippen LogP contribution in [0.3, 0.4) is 0 Å². The molecule has 0 amide bonds. The largest absolute Gasteiger partial charge is 0.494 e. The van der Waals surface area contributed by atoms with Crippen LogP contribution in [0.1, 0.15) is 18.0 Å². The smallest absolute Gasteiger partial charge is 0.141 e. The minimum absolute atomic E-state index is 0.0342. The molecule has 0 saturated heterocycles. The quantitative estimate of drug-likeness (QED) is 0.867. The predicted molar refractivity (Wildman–Crippen MR) is 72.5 cm³/mol. The summed E-state index contributed by atoms with van der Waals surface area (Å²) in [5, 5.41) is 3.15. The molecule has 2 rings (SSSR count). The molecule has 0 bridgehead atoms. The summed E-state index contributed by atoms with van der Waals surface area (Å²) >= 11 is 0. The number of ether oxygens (including phenoxy) is 1. The summed E-state index contributed by atoms with van der Waals surface area (Å²) in [6.45, 7) is 0.562. The van der Waals surface area contributed by atoms with Crippen LogP contribution in [0.4, 0.5) is 4.39 Å². The van der Waals surface area contributed by atoms with Crippen molar-refractivity contribution >= 4 is 0 Å². The molecule has 0 radical (unpaired) electrons. The maximum atomic E-state index is 13.1. The van der Waals surface area contributed by atoms with E-state index in [0.717, 1.165) is 17.7 Å². The van der Waals surface area contributed by atoms with Gasteiger partial charge < -0.3 is 10.1 Å². The molecule has 4 heteroatoms. The van der Waals surface area contributed by atoms with Gasteiger partial charge in [0.15, 0.2) is 0 Å². The summed E-state index contributed by atoms with van der Waals surface area (Å²) in [5.41, 5.74) is 0.833. The van der Waals surface area contributed by atoms with Gasteiger partial charge >= 0.3 is 0 Å². The Kier molecular flexibility index (Phi) is 4.86. The molecule has 0 fully saturated rings. The van der Waals surface area contributed by atoms with Crippen molar-refractivity contribution in [3.8, 4) is 5.75 Å². The third kappa shape index (κ3) is 4.03. The van der Waals surface area contributed by atoms with Gasteiger partial charge in [-0.1, -0.05) is 18.2 Å². The highest BCUT2D eigenvalue weighted by atomic mass is 19.1. The highest BCUT2D eigenvalue weighted by Gasteiger charge is 2.10. The summed E-state index contributed by atoms with van der Waals surface area (Å²) in [6, 6.07) is 11.2. The summed E-state index contributed by atoms with van der Waals surface area (Å²) in [7, 11) is 1.85. The van der Waals surface area contributed by atoms with E-state index < -0.39 is 0 Å². The molecule has 3 nitrogen and oxygen atoms in total. The molecule has 1 atom stereocenters. The fourth-order valence-electron chi connectivity index (χ4n) is 1.91. The van der Waals surface area contributed by atoms with Crippen molar-refractivity contribution in [3.63, 3.8) is 0 Å². The van der Waals surface area contributed by atoms with Gasteiger partial charge in [0, 0.05) is 18.7 Å². The molecule has 0 spiro atoms. The molecule has 1 heterocycles. The second-order valence-electron chi connectivity index (χ2n) is 4.23. The molecule has 19 heavy (non-hydrogen) atoms. The SMILES string of the molecule is CNC(CCOc1ccccc1)c1cncc(F)c1. The zero-order chi connectivity index (χ0) is 13.5. The third-order valence-corrected chi connectivity index (χ3v) is 2.90. The van der Waals surface area contributed by atoms with E-state index in [9.17, 15) is 4.39 Å². The van der Waals surface area contributed by atoms with E-state index in [1.54, 1.807) is 6.20 Å². The van der Waals surface area contributed by atoms with Crippen LogP contribution in [-0.2, 0) is 0 Å². The normalized spacial score (nSPS) is 12.1. The van der Waals surface area contributed by atoms with Crippen LogP contribution < -0.4 is 10.1 Å². The fourth-order valence-corrected chi connectivity index (χ4v) is 1.91. The molecule has 1 N–H and O–H groups in total. The average Bonchev–Trinajstić information content (AvgIpc) is 2.45. The van der Waals surface area contributed by atoms with E-state index in [1.165, 1.54) is 12.3 Å². The summed E-state index contributed by atoms with van der Waals surface area (Å²) in [5.74, 6) is 0.524. The fraction of sp³-hybridized carbons (Fsp3) is 0.267.